The molecule has 0 saturated carbocycles. The summed E-state index contributed by atoms with van der Waals surface area (Å²) in [7, 11) is 2.11. The Morgan fingerprint density at radius 2 is 1.93 bits per heavy atom. The Bertz CT molecular complexity index is 1130. The smallest absolute Gasteiger partial charge is 0.188 e. The Morgan fingerprint density at radius 1 is 1.17 bits per heavy atom. The molecule has 0 aliphatic carbocycles. The first kappa shape index (κ1) is 21.0. The summed E-state index contributed by atoms with van der Waals surface area (Å²) in [6, 6.07) is 2.17. The van der Waals surface area contributed by atoms with E-state index in [2.05, 4.69) is 32.3 Å². The predicted octanol–water partition coefficient (Wildman–Crippen LogP) is 3.62. The molecule has 4 aromatic heterocycles. The van der Waals surface area contributed by atoms with Crippen molar-refractivity contribution in [1.29, 1.82) is 0 Å². The lowest BCUT2D eigenvalue weighted by atomic mass is 10.1. The Morgan fingerprint density at radius 3 is 2.60 bits per heavy atom. The number of fused-ring (bicyclic) bond motifs is 1. The van der Waals surface area contributed by atoms with Crippen molar-refractivity contribution in [2.45, 2.75) is 25.8 Å². The third kappa shape index (κ3) is 3.87. The molecule has 0 bridgehead atoms. The van der Waals surface area contributed by atoms with Crippen LogP contribution in [0.5, 0.6) is 5.75 Å². The number of nitrogens with zero attached hydrogens (tertiary/aromatic N) is 6. The van der Waals surface area contributed by atoms with E-state index in [-0.39, 0.29) is 18.2 Å². The average Bonchev–Trinajstić information content (AvgIpc) is 3.42. The number of nitrogens with one attached hydrogen (secondary N) is 1. The van der Waals surface area contributed by atoms with E-state index in [1.165, 1.54) is 11.3 Å². The first-order chi connectivity index (χ1) is 14.1. The maximum atomic E-state index is 10.5. The van der Waals surface area contributed by atoms with Crippen LogP contribution in [0.15, 0.2) is 24.7 Å². The normalized spacial score (nSPS) is 14.7. The summed E-state index contributed by atoms with van der Waals surface area (Å²) < 4.78 is 1.69. The van der Waals surface area contributed by atoms with Crippen molar-refractivity contribution < 1.29 is 5.11 Å². The lowest BCUT2D eigenvalue weighted by Gasteiger charge is -2.31. The van der Waals surface area contributed by atoms with Crippen molar-refractivity contribution >= 4 is 49.9 Å². The number of rotatable bonds is 4. The van der Waals surface area contributed by atoms with Gasteiger partial charge >= 0.3 is 0 Å². The molecule has 8 nitrogen and oxygen atoms in total. The van der Waals surface area contributed by atoms with Gasteiger partial charge in [0.2, 0.25) is 0 Å². The fourth-order valence-electron chi connectivity index (χ4n) is 3.52. The van der Waals surface area contributed by atoms with E-state index in [0.29, 0.717) is 22.4 Å². The second kappa shape index (κ2) is 8.46. The summed E-state index contributed by atoms with van der Waals surface area (Å²) in [5.41, 5.74) is 2.23. The van der Waals surface area contributed by atoms with E-state index in [9.17, 15) is 5.11 Å². The molecule has 5 rings (SSSR count). The van der Waals surface area contributed by atoms with Crippen molar-refractivity contribution in [3.05, 3.63) is 30.2 Å². The molecule has 0 amide bonds. The first-order valence-corrected chi connectivity index (χ1v) is 11.1. The van der Waals surface area contributed by atoms with E-state index in [0.717, 1.165) is 46.3 Å². The molecule has 30 heavy (non-hydrogen) atoms. The van der Waals surface area contributed by atoms with Gasteiger partial charge in [0.1, 0.15) is 16.5 Å². The van der Waals surface area contributed by atoms with Crippen LogP contribution in [0.3, 0.4) is 0 Å². The van der Waals surface area contributed by atoms with Gasteiger partial charge in [0, 0.05) is 25.4 Å². The summed E-state index contributed by atoms with van der Waals surface area (Å²) in [6.07, 6.45) is 7.61. The number of piperidine rings is 1. The quantitative estimate of drug-likeness (QED) is 0.477. The van der Waals surface area contributed by atoms with Gasteiger partial charge in [-0.1, -0.05) is 22.7 Å². The van der Waals surface area contributed by atoms with Gasteiger partial charge in [0.05, 0.1) is 18.1 Å². The SMILES string of the molecule is Cc1cnn(-c2cnc(-c3nc4sc(N(C)C5CCNCC5)nc4s3)c(O)c2)c1.Cl. The molecule has 0 aromatic carbocycles. The summed E-state index contributed by atoms with van der Waals surface area (Å²) in [5, 5.41) is 19.9. The Kier molecular flexibility index (Phi) is 5.92. The second-order valence-corrected chi connectivity index (χ2v) is 9.17. The highest BCUT2D eigenvalue weighted by molar-refractivity contribution is 7.29. The molecule has 0 spiro atoms. The Labute approximate surface area is 188 Å². The van der Waals surface area contributed by atoms with E-state index in [1.807, 2.05) is 13.1 Å². The molecule has 5 heterocycles. The number of aromatic nitrogens is 5. The summed E-state index contributed by atoms with van der Waals surface area (Å²) in [6.45, 7) is 4.07. The average molecular weight is 464 g/mol. The topological polar surface area (TPSA) is 92.0 Å². The van der Waals surface area contributed by atoms with Crippen LogP contribution in [0.1, 0.15) is 18.4 Å². The van der Waals surface area contributed by atoms with Gasteiger partial charge in [0.25, 0.3) is 0 Å². The minimum Gasteiger partial charge on any atom is -0.505 e. The molecule has 0 atom stereocenters. The molecule has 2 N–H and O–H groups in total. The fourth-order valence-corrected chi connectivity index (χ4v) is 5.60. The van der Waals surface area contributed by atoms with E-state index in [1.54, 1.807) is 34.5 Å². The predicted molar refractivity (Wildman–Crippen MR) is 124 cm³/mol. The summed E-state index contributed by atoms with van der Waals surface area (Å²) in [5.74, 6) is 0.0871. The van der Waals surface area contributed by atoms with Crippen molar-refractivity contribution in [1.82, 2.24) is 30.0 Å². The fraction of sp³-hybridized carbons (Fsp3) is 0.368. The van der Waals surface area contributed by atoms with Gasteiger partial charge in [-0.25, -0.2) is 19.6 Å². The maximum Gasteiger partial charge on any atom is 0.188 e. The van der Waals surface area contributed by atoms with Gasteiger partial charge < -0.3 is 15.3 Å². The molecule has 0 radical (unpaired) electrons. The highest BCUT2D eigenvalue weighted by atomic mass is 35.5. The van der Waals surface area contributed by atoms with Crippen molar-refractivity contribution in [3.8, 4) is 22.1 Å². The van der Waals surface area contributed by atoms with E-state index < -0.39 is 0 Å². The lowest BCUT2D eigenvalue weighted by Crippen LogP contribution is -2.41. The molecule has 0 unspecified atom stereocenters. The van der Waals surface area contributed by atoms with Crippen molar-refractivity contribution in [2.24, 2.45) is 0 Å². The van der Waals surface area contributed by atoms with E-state index in [4.69, 9.17) is 4.98 Å². The van der Waals surface area contributed by atoms with Crippen LogP contribution in [-0.4, -0.2) is 56.0 Å². The third-order valence-corrected chi connectivity index (χ3v) is 7.28. The summed E-state index contributed by atoms with van der Waals surface area (Å²) in [4.78, 5) is 18.0. The number of thiazole rings is 2. The molecular weight excluding hydrogens is 442 g/mol. The van der Waals surface area contributed by atoms with Crippen LogP contribution in [0.2, 0.25) is 0 Å². The Balaban J connectivity index is 0.00000218. The highest BCUT2D eigenvalue weighted by Crippen LogP contribution is 2.38. The standard InChI is InChI=1S/C19H21N7OS2.ClH/c1-11-8-22-26(10-11)13-7-14(27)15(21-9-13)16-23-17-18(28-16)24-19(29-17)25(2)12-3-5-20-6-4-12;/h7-10,12,20,27H,3-6H2,1-2H3;1H. The molecule has 4 aromatic rings. The van der Waals surface area contributed by atoms with Crippen LogP contribution in [0.4, 0.5) is 5.13 Å². The number of pyridine rings is 1. The zero-order valence-electron chi connectivity index (χ0n) is 16.6. The molecule has 1 aliphatic rings. The molecule has 158 valence electrons. The number of halogens is 1. The largest absolute Gasteiger partial charge is 0.505 e. The molecule has 1 fully saturated rings. The van der Waals surface area contributed by atoms with Crippen LogP contribution in [-0.2, 0) is 0 Å². The molecule has 11 heteroatoms. The van der Waals surface area contributed by atoms with Gasteiger partial charge in [-0.05, 0) is 38.4 Å². The van der Waals surface area contributed by atoms with Gasteiger partial charge in [0.15, 0.2) is 14.8 Å². The van der Waals surface area contributed by atoms with Crippen LogP contribution < -0.4 is 10.2 Å². The molecule has 1 saturated heterocycles. The number of aromatic hydroxyl groups is 1. The monoisotopic (exact) mass is 463 g/mol. The molecular formula is C19H22ClN7OS2. The highest BCUT2D eigenvalue weighted by Gasteiger charge is 2.22. The number of anilines is 1. The van der Waals surface area contributed by atoms with Crippen molar-refractivity contribution in [2.75, 3.05) is 25.0 Å². The van der Waals surface area contributed by atoms with Crippen molar-refractivity contribution in [3.63, 3.8) is 0 Å². The number of hydrogen-bond acceptors (Lipinski definition) is 9. The minimum absolute atomic E-state index is 0. The van der Waals surface area contributed by atoms with Crippen LogP contribution >= 0.6 is 35.1 Å². The van der Waals surface area contributed by atoms with Gasteiger partial charge in [-0.3, -0.25) is 0 Å². The first-order valence-electron chi connectivity index (χ1n) is 9.50. The van der Waals surface area contributed by atoms with Crippen LogP contribution in [0, 0.1) is 6.92 Å². The zero-order chi connectivity index (χ0) is 20.0. The Hall–Kier alpha value is -2.27. The van der Waals surface area contributed by atoms with Gasteiger partial charge in [-0.15, -0.1) is 12.4 Å². The minimum atomic E-state index is 0. The zero-order valence-corrected chi connectivity index (χ0v) is 19.0. The van der Waals surface area contributed by atoms with Crippen LogP contribution in [0.25, 0.3) is 26.0 Å². The maximum absolute atomic E-state index is 10.5. The lowest BCUT2D eigenvalue weighted by molar-refractivity contribution is 0.443. The third-order valence-electron chi connectivity index (χ3n) is 5.15. The number of hydrogen-bond donors (Lipinski definition) is 2. The van der Waals surface area contributed by atoms with Gasteiger partial charge in [-0.2, -0.15) is 5.10 Å². The number of aryl methyl sites for hydroxylation is 1. The summed E-state index contributed by atoms with van der Waals surface area (Å²) >= 11 is 3.05. The van der Waals surface area contributed by atoms with E-state index >= 15 is 0 Å². The molecule has 1 aliphatic heterocycles. The second-order valence-electron chi connectivity index (χ2n) is 7.24.